The van der Waals surface area contributed by atoms with Gasteiger partial charge in [0.1, 0.15) is 0 Å². The molecule has 1 fully saturated rings. The normalized spacial score (nSPS) is 23.6. The van der Waals surface area contributed by atoms with Gasteiger partial charge >= 0.3 is 0 Å². The fourth-order valence-corrected chi connectivity index (χ4v) is 1.96. The van der Waals surface area contributed by atoms with Gasteiger partial charge in [-0.1, -0.05) is 0 Å². The van der Waals surface area contributed by atoms with Crippen LogP contribution in [0, 0.1) is 0 Å². The number of likely N-dealkylation sites (N-methyl/N-ethyl adjacent to an activating group) is 1. The first-order valence-corrected chi connectivity index (χ1v) is 5.75. The van der Waals surface area contributed by atoms with Gasteiger partial charge in [0.25, 0.3) is 0 Å². The van der Waals surface area contributed by atoms with Gasteiger partial charge in [-0.25, -0.2) is 0 Å². The quantitative estimate of drug-likeness (QED) is 0.633. The molecule has 0 bridgehead atoms. The zero-order chi connectivity index (χ0) is 10.4. The number of hydrogen-bond acceptors (Lipinski definition) is 3. The molecule has 1 atom stereocenters. The van der Waals surface area contributed by atoms with Crippen LogP contribution in [0.25, 0.3) is 0 Å². The molecule has 0 aromatic rings. The zero-order valence-electron chi connectivity index (χ0n) is 9.92. The number of nitrogens with one attached hydrogen (secondary N) is 1. The van der Waals surface area contributed by atoms with Crippen molar-refractivity contribution in [2.24, 2.45) is 0 Å². The summed E-state index contributed by atoms with van der Waals surface area (Å²) in [5.41, 5.74) is 0. The van der Waals surface area contributed by atoms with E-state index in [1.54, 1.807) is 0 Å². The van der Waals surface area contributed by atoms with E-state index in [1.807, 2.05) is 0 Å². The highest BCUT2D eigenvalue weighted by atomic mass is 15.2. The molecule has 1 aliphatic rings. The minimum Gasteiger partial charge on any atom is -0.313 e. The van der Waals surface area contributed by atoms with Crippen molar-refractivity contribution in [3.8, 4) is 0 Å². The SMILES string of the molecule is CN(C)CCCCNC1CCN(C)C1. The molecule has 14 heavy (non-hydrogen) atoms. The summed E-state index contributed by atoms with van der Waals surface area (Å²) in [7, 11) is 6.48. The number of likely N-dealkylation sites (tertiary alicyclic amines) is 1. The minimum absolute atomic E-state index is 0.749. The molecule has 84 valence electrons. The average Bonchev–Trinajstić information content (AvgIpc) is 2.50. The Labute approximate surface area is 88.5 Å². The molecule has 1 rings (SSSR count). The summed E-state index contributed by atoms with van der Waals surface area (Å²) >= 11 is 0. The van der Waals surface area contributed by atoms with E-state index in [4.69, 9.17) is 0 Å². The number of unbranched alkanes of at least 4 members (excludes halogenated alkanes) is 1. The Balaban J connectivity index is 1.89. The molecular formula is C11H25N3. The van der Waals surface area contributed by atoms with Crippen molar-refractivity contribution >= 4 is 0 Å². The maximum absolute atomic E-state index is 3.63. The first-order chi connectivity index (χ1) is 6.68. The van der Waals surface area contributed by atoms with E-state index in [2.05, 4.69) is 36.3 Å². The Morgan fingerprint density at radius 1 is 1.36 bits per heavy atom. The first-order valence-electron chi connectivity index (χ1n) is 5.75. The van der Waals surface area contributed by atoms with E-state index in [0.717, 1.165) is 6.04 Å². The summed E-state index contributed by atoms with van der Waals surface area (Å²) in [6.07, 6.45) is 3.94. The van der Waals surface area contributed by atoms with Crippen molar-refractivity contribution in [1.82, 2.24) is 15.1 Å². The Bertz CT molecular complexity index is 147. The third-order valence-electron chi connectivity index (χ3n) is 2.86. The fourth-order valence-electron chi connectivity index (χ4n) is 1.96. The molecule has 0 aliphatic carbocycles. The van der Waals surface area contributed by atoms with Crippen LogP contribution in [0.5, 0.6) is 0 Å². The number of hydrogen-bond donors (Lipinski definition) is 1. The van der Waals surface area contributed by atoms with Crippen LogP contribution in [0.1, 0.15) is 19.3 Å². The molecule has 0 aromatic heterocycles. The summed E-state index contributed by atoms with van der Waals surface area (Å²) in [6.45, 7) is 4.89. The molecule has 1 heterocycles. The number of rotatable bonds is 6. The molecule has 0 saturated carbocycles. The predicted octanol–water partition coefficient (Wildman–Crippen LogP) is 0.622. The van der Waals surface area contributed by atoms with Gasteiger partial charge in [-0.2, -0.15) is 0 Å². The van der Waals surface area contributed by atoms with Gasteiger partial charge < -0.3 is 15.1 Å². The molecule has 0 radical (unpaired) electrons. The van der Waals surface area contributed by atoms with E-state index in [9.17, 15) is 0 Å². The van der Waals surface area contributed by atoms with Crippen molar-refractivity contribution in [3.63, 3.8) is 0 Å². The van der Waals surface area contributed by atoms with E-state index in [-0.39, 0.29) is 0 Å². The van der Waals surface area contributed by atoms with Gasteiger partial charge in [0.2, 0.25) is 0 Å². The summed E-state index contributed by atoms with van der Waals surface area (Å²) in [6, 6.07) is 0.749. The average molecular weight is 199 g/mol. The predicted molar refractivity (Wildman–Crippen MR) is 61.7 cm³/mol. The smallest absolute Gasteiger partial charge is 0.0207 e. The molecule has 1 aliphatic heterocycles. The second-order valence-electron chi connectivity index (χ2n) is 4.71. The van der Waals surface area contributed by atoms with E-state index >= 15 is 0 Å². The molecule has 3 heteroatoms. The largest absolute Gasteiger partial charge is 0.313 e. The molecule has 1 unspecified atom stereocenters. The molecule has 1 N–H and O–H groups in total. The lowest BCUT2D eigenvalue weighted by molar-refractivity contribution is 0.380. The van der Waals surface area contributed by atoms with Gasteiger partial charge in [0.15, 0.2) is 0 Å². The lowest BCUT2D eigenvalue weighted by Crippen LogP contribution is -2.32. The lowest BCUT2D eigenvalue weighted by atomic mass is 10.2. The van der Waals surface area contributed by atoms with Crippen molar-refractivity contribution in [1.29, 1.82) is 0 Å². The summed E-state index contributed by atoms with van der Waals surface area (Å²) < 4.78 is 0. The summed E-state index contributed by atoms with van der Waals surface area (Å²) in [5.74, 6) is 0. The van der Waals surface area contributed by atoms with Crippen LogP contribution in [0.2, 0.25) is 0 Å². The first kappa shape index (κ1) is 12.0. The maximum Gasteiger partial charge on any atom is 0.0207 e. The van der Waals surface area contributed by atoms with Gasteiger partial charge in [0, 0.05) is 12.6 Å². The monoisotopic (exact) mass is 199 g/mol. The van der Waals surface area contributed by atoms with Gasteiger partial charge in [0.05, 0.1) is 0 Å². The van der Waals surface area contributed by atoms with Crippen LogP contribution in [0.3, 0.4) is 0 Å². The second-order valence-corrected chi connectivity index (χ2v) is 4.71. The van der Waals surface area contributed by atoms with Crippen molar-refractivity contribution in [2.75, 3.05) is 47.3 Å². The molecular weight excluding hydrogens is 174 g/mol. The van der Waals surface area contributed by atoms with Crippen LogP contribution in [-0.4, -0.2) is 63.2 Å². The van der Waals surface area contributed by atoms with Crippen LogP contribution in [-0.2, 0) is 0 Å². The van der Waals surface area contributed by atoms with Gasteiger partial charge in [-0.3, -0.25) is 0 Å². The molecule has 3 nitrogen and oxygen atoms in total. The molecule has 1 saturated heterocycles. The molecule has 0 aromatic carbocycles. The van der Waals surface area contributed by atoms with Crippen LogP contribution >= 0.6 is 0 Å². The maximum atomic E-state index is 3.63. The van der Waals surface area contributed by atoms with Crippen LogP contribution in [0.4, 0.5) is 0 Å². The van der Waals surface area contributed by atoms with Crippen molar-refractivity contribution in [3.05, 3.63) is 0 Å². The standard InChI is InChI=1S/C11H25N3/c1-13(2)8-5-4-7-12-11-6-9-14(3)10-11/h11-12H,4-10H2,1-3H3. The van der Waals surface area contributed by atoms with Crippen molar-refractivity contribution in [2.45, 2.75) is 25.3 Å². The highest BCUT2D eigenvalue weighted by molar-refractivity contribution is 4.78. The van der Waals surface area contributed by atoms with Crippen LogP contribution in [0.15, 0.2) is 0 Å². The number of nitrogens with zero attached hydrogens (tertiary/aromatic N) is 2. The van der Waals surface area contributed by atoms with Crippen LogP contribution < -0.4 is 5.32 Å². The third kappa shape index (κ3) is 4.94. The van der Waals surface area contributed by atoms with Gasteiger partial charge in [-0.05, 0) is 60.0 Å². The Hall–Kier alpha value is -0.120. The van der Waals surface area contributed by atoms with E-state index < -0.39 is 0 Å². The van der Waals surface area contributed by atoms with Gasteiger partial charge in [-0.15, -0.1) is 0 Å². The second kappa shape index (κ2) is 6.38. The van der Waals surface area contributed by atoms with E-state index in [0.29, 0.717) is 0 Å². The van der Waals surface area contributed by atoms with E-state index in [1.165, 1.54) is 45.4 Å². The Kier molecular flexibility index (Phi) is 5.45. The van der Waals surface area contributed by atoms with Crippen molar-refractivity contribution < 1.29 is 0 Å². The zero-order valence-corrected chi connectivity index (χ0v) is 9.92. The highest BCUT2D eigenvalue weighted by Crippen LogP contribution is 2.05. The highest BCUT2D eigenvalue weighted by Gasteiger charge is 2.17. The Morgan fingerprint density at radius 3 is 2.71 bits per heavy atom. The molecule has 0 spiro atoms. The summed E-state index contributed by atoms with van der Waals surface area (Å²) in [4.78, 5) is 4.65. The summed E-state index contributed by atoms with van der Waals surface area (Å²) in [5, 5.41) is 3.63. The minimum atomic E-state index is 0.749. The topological polar surface area (TPSA) is 18.5 Å². The third-order valence-corrected chi connectivity index (χ3v) is 2.86. The Morgan fingerprint density at radius 2 is 2.14 bits per heavy atom. The lowest BCUT2D eigenvalue weighted by Gasteiger charge is -2.13. The fraction of sp³-hybridized carbons (Fsp3) is 1.00. The molecule has 0 amide bonds.